The number of benzene rings is 2. The second-order valence-electron chi connectivity index (χ2n) is 7.03. The smallest absolute Gasteiger partial charge is 0.287 e. The number of furan rings is 1. The van der Waals surface area contributed by atoms with Crippen LogP contribution in [0.2, 0.25) is 0 Å². The minimum absolute atomic E-state index is 0.00888. The van der Waals surface area contributed by atoms with E-state index in [1.165, 1.54) is 16.4 Å². The average Bonchev–Trinajstić information content (AvgIpc) is 3.40. The van der Waals surface area contributed by atoms with Crippen LogP contribution in [0.25, 0.3) is 10.8 Å². The van der Waals surface area contributed by atoms with Gasteiger partial charge in [0.2, 0.25) is 5.09 Å². The van der Waals surface area contributed by atoms with E-state index in [0.29, 0.717) is 13.1 Å². The number of hydrogen-bond acceptors (Lipinski definition) is 4. The normalized spacial score (nSPS) is 16.3. The number of sulfonamides is 1. The molecular weight excluding hydrogens is 376 g/mol. The van der Waals surface area contributed by atoms with Gasteiger partial charge in [0.1, 0.15) is 0 Å². The summed E-state index contributed by atoms with van der Waals surface area (Å²) in [5.41, 5.74) is 0.962. The fraction of sp³-hybridized carbons (Fsp3) is 0.286. The first-order chi connectivity index (χ1) is 13.4. The second-order valence-corrected chi connectivity index (χ2v) is 8.90. The Bertz CT molecular complexity index is 1110. The van der Waals surface area contributed by atoms with Crippen LogP contribution in [-0.4, -0.2) is 31.7 Å². The molecular formula is C21H22N2O4S. The molecule has 1 amide bonds. The Kier molecular flexibility index (Phi) is 4.95. The predicted octanol–water partition coefficient (Wildman–Crippen LogP) is 3.71. The van der Waals surface area contributed by atoms with Crippen molar-refractivity contribution in [2.75, 3.05) is 13.1 Å². The van der Waals surface area contributed by atoms with E-state index in [2.05, 4.69) is 5.32 Å². The number of rotatable bonds is 5. The molecule has 1 aliphatic rings. The summed E-state index contributed by atoms with van der Waals surface area (Å²) in [6, 6.07) is 16.5. The van der Waals surface area contributed by atoms with E-state index < -0.39 is 15.9 Å². The number of amides is 1. The molecule has 6 nitrogen and oxygen atoms in total. The number of carbonyl (C=O) groups is 1. The lowest BCUT2D eigenvalue weighted by Gasteiger charge is -2.14. The van der Waals surface area contributed by atoms with Crippen molar-refractivity contribution in [2.45, 2.75) is 30.9 Å². The maximum atomic E-state index is 12.5. The molecule has 0 radical (unpaired) electrons. The van der Waals surface area contributed by atoms with Gasteiger partial charge in [-0.05, 0) is 54.3 Å². The topological polar surface area (TPSA) is 79.6 Å². The van der Waals surface area contributed by atoms with Gasteiger partial charge in [0.15, 0.2) is 5.76 Å². The molecule has 0 bridgehead atoms. The molecule has 0 aliphatic carbocycles. The lowest BCUT2D eigenvalue weighted by molar-refractivity contribution is 0.0906. The maximum Gasteiger partial charge on any atom is 0.287 e. The van der Waals surface area contributed by atoms with Crippen LogP contribution in [0.1, 0.15) is 41.9 Å². The fourth-order valence-electron chi connectivity index (χ4n) is 3.46. The number of hydrogen-bond donors (Lipinski definition) is 1. The molecule has 1 aliphatic heterocycles. The van der Waals surface area contributed by atoms with Crippen LogP contribution in [-0.2, 0) is 10.0 Å². The van der Waals surface area contributed by atoms with Crippen molar-refractivity contribution in [2.24, 2.45) is 0 Å². The molecule has 28 heavy (non-hydrogen) atoms. The van der Waals surface area contributed by atoms with Gasteiger partial charge in [0, 0.05) is 13.1 Å². The first-order valence-corrected chi connectivity index (χ1v) is 10.8. The standard InChI is InChI=1S/C21H22N2O4S/c1-15(17-9-8-16-6-2-3-7-18(16)14-17)22-21(24)19-10-11-20(27-19)28(25,26)23-12-4-5-13-23/h2-3,6-11,14-15H,4-5,12-13H2,1H3,(H,22,24). The second kappa shape index (κ2) is 7.41. The summed E-state index contributed by atoms with van der Waals surface area (Å²) in [7, 11) is -3.67. The number of nitrogens with zero attached hydrogens (tertiary/aromatic N) is 1. The summed E-state index contributed by atoms with van der Waals surface area (Å²) in [5, 5.41) is 4.92. The highest BCUT2D eigenvalue weighted by Gasteiger charge is 2.30. The third kappa shape index (κ3) is 3.55. The lowest BCUT2D eigenvalue weighted by atomic mass is 10.0. The minimum Gasteiger partial charge on any atom is -0.438 e. The van der Waals surface area contributed by atoms with E-state index in [-0.39, 0.29) is 16.9 Å². The molecule has 0 saturated carbocycles. The molecule has 1 atom stereocenters. The molecule has 0 spiro atoms. The molecule has 2 aromatic carbocycles. The van der Waals surface area contributed by atoms with E-state index in [9.17, 15) is 13.2 Å². The van der Waals surface area contributed by atoms with Gasteiger partial charge in [0.25, 0.3) is 15.9 Å². The Hall–Kier alpha value is -2.64. The Morgan fingerprint density at radius 3 is 2.50 bits per heavy atom. The largest absolute Gasteiger partial charge is 0.438 e. The molecule has 7 heteroatoms. The monoisotopic (exact) mass is 398 g/mol. The molecule has 1 unspecified atom stereocenters. The van der Waals surface area contributed by atoms with Crippen molar-refractivity contribution < 1.29 is 17.6 Å². The fourth-order valence-corrected chi connectivity index (χ4v) is 4.89. The highest BCUT2D eigenvalue weighted by molar-refractivity contribution is 7.89. The van der Waals surface area contributed by atoms with Crippen LogP contribution in [0.4, 0.5) is 0 Å². The third-order valence-electron chi connectivity index (χ3n) is 5.09. The molecule has 2 heterocycles. The van der Waals surface area contributed by atoms with Crippen molar-refractivity contribution in [3.8, 4) is 0 Å². The van der Waals surface area contributed by atoms with Crippen LogP contribution in [0.3, 0.4) is 0 Å². The van der Waals surface area contributed by atoms with Crippen LogP contribution in [0, 0.1) is 0 Å². The van der Waals surface area contributed by atoms with Gasteiger partial charge in [-0.25, -0.2) is 8.42 Å². The van der Waals surface area contributed by atoms with Crippen LogP contribution >= 0.6 is 0 Å². The quantitative estimate of drug-likeness (QED) is 0.711. The Labute approximate surface area is 164 Å². The molecule has 1 saturated heterocycles. The molecule has 3 aromatic rings. The van der Waals surface area contributed by atoms with E-state index in [1.54, 1.807) is 0 Å². The third-order valence-corrected chi connectivity index (χ3v) is 6.86. The van der Waals surface area contributed by atoms with Gasteiger partial charge < -0.3 is 9.73 Å². The SMILES string of the molecule is CC(NC(=O)c1ccc(S(=O)(=O)N2CCCC2)o1)c1ccc2ccccc2c1. The van der Waals surface area contributed by atoms with Crippen molar-refractivity contribution in [3.05, 3.63) is 65.9 Å². The summed E-state index contributed by atoms with van der Waals surface area (Å²) in [6.45, 7) is 2.86. The molecule has 1 N–H and O–H groups in total. The van der Waals surface area contributed by atoms with Crippen molar-refractivity contribution in [3.63, 3.8) is 0 Å². The van der Waals surface area contributed by atoms with Crippen LogP contribution < -0.4 is 5.32 Å². The van der Waals surface area contributed by atoms with E-state index >= 15 is 0 Å². The van der Waals surface area contributed by atoms with E-state index in [1.807, 2.05) is 49.4 Å². The van der Waals surface area contributed by atoms with Gasteiger partial charge in [-0.3, -0.25) is 4.79 Å². The Morgan fingerprint density at radius 1 is 1.04 bits per heavy atom. The van der Waals surface area contributed by atoms with Crippen molar-refractivity contribution in [1.29, 1.82) is 0 Å². The average molecular weight is 398 g/mol. The molecule has 146 valence electrons. The van der Waals surface area contributed by atoms with Gasteiger partial charge in [0.05, 0.1) is 6.04 Å². The minimum atomic E-state index is -3.67. The highest BCUT2D eigenvalue weighted by atomic mass is 32.2. The number of nitrogens with one attached hydrogen (secondary N) is 1. The molecule has 1 fully saturated rings. The summed E-state index contributed by atoms with van der Waals surface area (Å²) >= 11 is 0. The van der Waals surface area contributed by atoms with Gasteiger partial charge in [-0.1, -0.05) is 36.4 Å². The molecule has 4 rings (SSSR count). The first-order valence-electron chi connectivity index (χ1n) is 9.35. The summed E-state index contributed by atoms with van der Waals surface area (Å²) in [5.74, 6) is -0.450. The van der Waals surface area contributed by atoms with Gasteiger partial charge in [-0.15, -0.1) is 0 Å². The lowest BCUT2D eigenvalue weighted by Crippen LogP contribution is -2.28. The van der Waals surface area contributed by atoms with Crippen LogP contribution in [0.5, 0.6) is 0 Å². The zero-order chi connectivity index (χ0) is 19.7. The molecule has 1 aromatic heterocycles. The maximum absolute atomic E-state index is 12.5. The highest BCUT2D eigenvalue weighted by Crippen LogP contribution is 2.24. The zero-order valence-corrected chi connectivity index (χ0v) is 16.4. The number of fused-ring (bicyclic) bond motifs is 1. The summed E-state index contributed by atoms with van der Waals surface area (Å²) < 4.78 is 31.9. The Balaban J connectivity index is 1.49. The first kappa shape index (κ1) is 18.7. The zero-order valence-electron chi connectivity index (χ0n) is 15.6. The Morgan fingerprint density at radius 2 is 1.75 bits per heavy atom. The summed E-state index contributed by atoms with van der Waals surface area (Å²) in [4.78, 5) is 12.5. The van der Waals surface area contributed by atoms with Gasteiger partial charge in [-0.2, -0.15) is 4.31 Å². The number of carbonyl (C=O) groups excluding carboxylic acids is 1. The predicted molar refractivity (Wildman–Crippen MR) is 107 cm³/mol. The van der Waals surface area contributed by atoms with Crippen LogP contribution in [0.15, 0.2) is 64.1 Å². The van der Waals surface area contributed by atoms with Crippen molar-refractivity contribution >= 4 is 26.7 Å². The van der Waals surface area contributed by atoms with Gasteiger partial charge >= 0.3 is 0 Å². The van der Waals surface area contributed by atoms with Crippen molar-refractivity contribution in [1.82, 2.24) is 9.62 Å². The van der Waals surface area contributed by atoms with E-state index in [0.717, 1.165) is 29.2 Å². The summed E-state index contributed by atoms with van der Waals surface area (Å²) in [6.07, 6.45) is 1.69. The van der Waals surface area contributed by atoms with E-state index in [4.69, 9.17) is 4.42 Å².